The molecular formula is C14H22N2O2S. The quantitative estimate of drug-likeness (QED) is 0.782. The van der Waals surface area contributed by atoms with Crippen LogP contribution in [0.1, 0.15) is 42.6 Å². The lowest BCUT2D eigenvalue weighted by Crippen LogP contribution is -2.45. The third-order valence-electron chi connectivity index (χ3n) is 4.01. The number of ether oxygens (including phenoxy) is 1. The first-order valence-corrected chi connectivity index (χ1v) is 7.58. The Bertz CT molecular complexity index is 472. The van der Waals surface area contributed by atoms with Gasteiger partial charge in [-0.1, -0.05) is 13.8 Å². The molecule has 1 saturated heterocycles. The van der Waals surface area contributed by atoms with Gasteiger partial charge < -0.3 is 9.64 Å². The van der Waals surface area contributed by atoms with Crippen molar-refractivity contribution in [2.75, 3.05) is 18.6 Å². The summed E-state index contributed by atoms with van der Waals surface area (Å²) in [7, 11) is 1.40. The van der Waals surface area contributed by atoms with Crippen molar-refractivity contribution in [1.82, 2.24) is 4.98 Å². The van der Waals surface area contributed by atoms with Crippen LogP contribution in [0.25, 0.3) is 0 Å². The normalized spacial score (nSPS) is 27.4. The molecule has 1 aromatic heterocycles. The third-order valence-corrected chi connectivity index (χ3v) is 5.02. The van der Waals surface area contributed by atoms with Crippen molar-refractivity contribution in [2.24, 2.45) is 11.8 Å². The number of methoxy groups -OCH3 is 1. The number of hydrogen-bond donors (Lipinski definition) is 0. The molecule has 3 unspecified atom stereocenters. The summed E-state index contributed by atoms with van der Waals surface area (Å²) in [5, 5.41) is 0.948. The molecule has 106 valence electrons. The van der Waals surface area contributed by atoms with Crippen molar-refractivity contribution >= 4 is 22.4 Å². The molecule has 0 amide bonds. The summed E-state index contributed by atoms with van der Waals surface area (Å²) in [5.74, 6) is 0.970. The Kier molecular flexibility index (Phi) is 4.13. The second-order valence-corrected chi connectivity index (χ2v) is 6.79. The minimum absolute atomic E-state index is 0.342. The number of carbonyl (C=O) groups is 1. The predicted octanol–water partition coefficient (Wildman–Crippen LogP) is 3.11. The molecule has 2 rings (SSSR count). The Hall–Kier alpha value is -1.10. The van der Waals surface area contributed by atoms with E-state index in [0.717, 1.165) is 16.6 Å². The fraction of sp³-hybridized carbons (Fsp3) is 0.714. The first-order valence-electron chi connectivity index (χ1n) is 6.76. The van der Waals surface area contributed by atoms with Crippen LogP contribution in [0.5, 0.6) is 0 Å². The molecule has 1 fully saturated rings. The summed E-state index contributed by atoms with van der Waals surface area (Å²) >= 11 is 1.59. The van der Waals surface area contributed by atoms with Gasteiger partial charge in [0.2, 0.25) is 0 Å². The molecule has 0 aliphatic carbocycles. The second kappa shape index (κ2) is 5.49. The maximum absolute atomic E-state index is 11.6. The summed E-state index contributed by atoms with van der Waals surface area (Å²) in [6.45, 7) is 9.74. The number of nitrogens with zero attached hydrogens (tertiary/aromatic N) is 2. The smallest absolute Gasteiger partial charge is 0.357 e. The van der Waals surface area contributed by atoms with Gasteiger partial charge >= 0.3 is 5.97 Å². The summed E-state index contributed by atoms with van der Waals surface area (Å²) in [6.07, 6.45) is 1.26. The molecule has 0 bridgehead atoms. The van der Waals surface area contributed by atoms with Crippen LogP contribution in [0, 0.1) is 18.8 Å². The average molecular weight is 282 g/mol. The van der Waals surface area contributed by atoms with Crippen LogP contribution in [0.2, 0.25) is 0 Å². The second-order valence-electron chi connectivity index (χ2n) is 5.60. The van der Waals surface area contributed by atoms with E-state index in [9.17, 15) is 4.79 Å². The SMILES string of the molecule is COC(=O)c1nc(N2CC(C)CC(C)C2C)sc1C. The number of aryl methyl sites for hydroxylation is 1. The van der Waals surface area contributed by atoms with Gasteiger partial charge in [-0.2, -0.15) is 0 Å². The number of carbonyl (C=O) groups excluding carboxylic acids is 1. The summed E-state index contributed by atoms with van der Waals surface area (Å²) in [4.78, 5) is 19.4. The van der Waals surface area contributed by atoms with Crippen LogP contribution in [0.15, 0.2) is 0 Å². The molecule has 1 aromatic rings. The van der Waals surface area contributed by atoms with Gasteiger partial charge in [0.1, 0.15) is 0 Å². The van der Waals surface area contributed by atoms with Crippen LogP contribution in [0.3, 0.4) is 0 Å². The molecule has 0 radical (unpaired) electrons. The highest BCUT2D eigenvalue weighted by Crippen LogP contribution is 2.34. The van der Waals surface area contributed by atoms with E-state index < -0.39 is 0 Å². The number of piperidine rings is 1. The van der Waals surface area contributed by atoms with Crippen LogP contribution in [0.4, 0.5) is 5.13 Å². The van der Waals surface area contributed by atoms with Crippen molar-refractivity contribution in [1.29, 1.82) is 0 Å². The summed E-state index contributed by atoms with van der Waals surface area (Å²) < 4.78 is 4.77. The van der Waals surface area contributed by atoms with Crippen LogP contribution < -0.4 is 4.90 Å². The van der Waals surface area contributed by atoms with Gasteiger partial charge in [0.15, 0.2) is 10.8 Å². The molecule has 4 nitrogen and oxygen atoms in total. The zero-order valence-electron chi connectivity index (χ0n) is 12.3. The molecule has 1 aliphatic heterocycles. The Labute approximate surface area is 118 Å². The van der Waals surface area contributed by atoms with Crippen LogP contribution in [-0.2, 0) is 4.74 Å². The van der Waals surface area contributed by atoms with Gasteiger partial charge in [-0.05, 0) is 32.1 Å². The van der Waals surface area contributed by atoms with E-state index in [1.54, 1.807) is 11.3 Å². The summed E-state index contributed by atoms with van der Waals surface area (Å²) in [5.41, 5.74) is 0.459. The zero-order chi connectivity index (χ0) is 14.2. The number of anilines is 1. The van der Waals surface area contributed by atoms with Crippen LogP contribution >= 0.6 is 11.3 Å². The standard InChI is InChI=1S/C14H22N2O2S/c1-8-6-9(2)10(3)16(7-8)14-15-12(11(4)19-14)13(17)18-5/h8-10H,6-7H2,1-5H3. The van der Waals surface area contributed by atoms with E-state index in [2.05, 4.69) is 30.7 Å². The van der Waals surface area contributed by atoms with E-state index in [1.807, 2.05) is 6.92 Å². The highest BCUT2D eigenvalue weighted by Gasteiger charge is 2.31. The number of hydrogen-bond acceptors (Lipinski definition) is 5. The highest BCUT2D eigenvalue weighted by atomic mass is 32.1. The Morgan fingerprint density at radius 2 is 2.11 bits per heavy atom. The molecule has 1 aliphatic rings. The summed E-state index contributed by atoms with van der Waals surface area (Å²) in [6, 6.07) is 0.465. The predicted molar refractivity (Wildman–Crippen MR) is 77.9 cm³/mol. The number of esters is 1. The van der Waals surface area contributed by atoms with Gasteiger partial charge in [0, 0.05) is 17.5 Å². The fourth-order valence-electron chi connectivity index (χ4n) is 2.76. The molecule has 0 spiro atoms. The molecule has 0 aromatic carbocycles. The zero-order valence-corrected chi connectivity index (χ0v) is 13.1. The molecule has 3 atom stereocenters. The lowest BCUT2D eigenvalue weighted by Gasteiger charge is -2.41. The van der Waals surface area contributed by atoms with E-state index >= 15 is 0 Å². The minimum atomic E-state index is -0.342. The molecular weight excluding hydrogens is 260 g/mol. The van der Waals surface area contributed by atoms with Gasteiger partial charge in [-0.15, -0.1) is 11.3 Å². The van der Waals surface area contributed by atoms with Crippen LogP contribution in [-0.4, -0.2) is 30.6 Å². The van der Waals surface area contributed by atoms with Gasteiger partial charge in [0.25, 0.3) is 0 Å². The molecule has 0 N–H and O–H groups in total. The first-order chi connectivity index (χ1) is 8.93. The maximum Gasteiger partial charge on any atom is 0.357 e. The highest BCUT2D eigenvalue weighted by molar-refractivity contribution is 7.15. The molecule has 2 heterocycles. The van der Waals surface area contributed by atoms with E-state index in [0.29, 0.717) is 23.6 Å². The van der Waals surface area contributed by atoms with Gasteiger partial charge in [-0.25, -0.2) is 9.78 Å². The first kappa shape index (κ1) is 14.3. The topological polar surface area (TPSA) is 42.4 Å². The van der Waals surface area contributed by atoms with Gasteiger partial charge in [-0.3, -0.25) is 0 Å². The lowest BCUT2D eigenvalue weighted by molar-refractivity contribution is 0.0594. The number of thiazole rings is 1. The molecule has 5 heteroatoms. The van der Waals surface area contributed by atoms with E-state index in [1.165, 1.54) is 13.5 Å². The van der Waals surface area contributed by atoms with Gasteiger partial charge in [0.05, 0.1) is 7.11 Å². The molecule has 0 saturated carbocycles. The average Bonchev–Trinajstić information content (AvgIpc) is 2.74. The number of aromatic nitrogens is 1. The van der Waals surface area contributed by atoms with Crippen molar-refractivity contribution in [3.8, 4) is 0 Å². The lowest BCUT2D eigenvalue weighted by atomic mass is 9.86. The fourth-order valence-corrected chi connectivity index (χ4v) is 3.75. The Morgan fingerprint density at radius 3 is 2.74 bits per heavy atom. The van der Waals surface area contributed by atoms with E-state index in [4.69, 9.17) is 4.74 Å². The van der Waals surface area contributed by atoms with Crippen molar-refractivity contribution in [2.45, 2.75) is 40.2 Å². The van der Waals surface area contributed by atoms with Crippen molar-refractivity contribution in [3.05, 3.63) is 10.6 Å². The van der Waals surface area contributed by atoms with Crippen molar-refractivity contribution < 1.29 is 9.53 Å². The maximum atomic E-state index is 11.6. The Morgan fingerprint density at radius 1 is 1.42 bits per heavy atom. The monoisotopic (exact) mass is 282 g/mol. The van der Waals surface area contributed by atoms with Crippen molar-refractivity contribution in [3.63, 3.8) is 0 Å². The third kappa shape index (κ3) is 2.76. The minimum Gasteiger partial charge on any atom is -0.464 e. The Balaban J connectivity index is 2.28. The number of rotatable bonds is 2. The molecule has 19 heavy (non-hydrogen) atoms. The van der Waals surface area contributed by atoms with E-state index in [-0.39, 0.29) is 5.97 Å². The largest absolute Gasteiger partial charge is 0.464 e.